The molecule has 0 radical (unpaired) electrons. The summed E-state index contributed by atoms with van der Waals surface area (Å²) >= 11 is 0. The van der Waals surface area contributed by atoms with Crippen molar-refractivity contribution in [3.8, 4) is 11.5 Å². The predicted molar refractivity (Wildman–Crippen MR) is 90.5 cm³/mol. The highest BCUT2D eigenvalue weighted by molar-refractivity contribution is 7.89. The molecular formula is C16H20N2O7S. The largest absolute Gasteiger partial charge is 0.497 e. The number of nitrogens with zero attached hydrogens (tertiary/aromatic N) is 1. The summed E-state index contributed by atoms with van der Waals surface area (Å²) in [5.74, 6) is 0.501. The Kier molecular flexibility index (Phi) is 6.22. The molecule has 10 heteroatoms. The van der Waals surface area contributed by atoms with E-state index in [-0.39, 0.29) is 23.0 Å². The Morgan fingerprint density at radius 2 is 1.96 bits per heavy atom. The van der Waals surface area contributed by atoms with E-state index in [1.807, 2.05) is 0 Å². The molecule has 0 unspecified atom stereocenters. The van der Waals surface area contributed by atoms with Gasteiger partial charge in [-0.2, -0.15) is 4.72 Å². The van der Waals surface area contributed by atoms with E-state index >= 15 is 0 Å². The van der Waals surface area contributed by atoms with Gasteiger partial charge in [0.05, 0.1) is 14.2 Å². The molecule has 0 saturated carbocycles. The van der Waals surface area contributed by atoms with Crippen LogP contribution in [-0.4, -0.2) is 40.3 Å². The number of benzene rings is 1. The number of hydrogen-bond acceptors (Lipinski definition) is 8. The van der Waals surface area contributed by atoms with Crippen molar-refractivity contribution in [3.63, 3.8) is 0 Å². The lowest BCUT2D eigenvalue weighted by Crippen LogP contribution is -2.31. The second kappa shape index (κ2) is 8.19. The number of aryl methyl sites for hydroxylation is 2. The van der Waals surface area contributed by atoms with Gasteiger partial charge in [0.1, 0.15) is 35.2 Å². The summed E-state index contributed by atoms with van der Waals surface area (Å²) in [6, 6.07) is 5.06. The molecule has 0 atom stereocenters. The van der Waals surface area contributed by atoms with Gasteiger partial charge in [-0.15, -0.1) is 0 Å². The van der Waals surface area contributed by atoms with Crippen LogP contribution < -0.4 is 14.2 Å². The zero-order chi connectivity index (χ0) is 19.3. The van der Waals surface area contributed by atoms with E-state index in [2.05, 4.69) is 9.88 Å². The van der Waals surface area contributed by atoms with Crippen LogP contribution in [0.3, 0.4) is 0 Å². The Hall–Kier alpha value is -2.59. The third-order valence-corrected chi connectivity index (χ3v) is 5.16. The second-order valence-corrected chi connectivity index (χ2v) is 7.02. The first-order chi connectivity index (χ1) is 12.3. The van der Waals surface area contributed by atoms with E-state index in [4.69, 9.17) is 18.7 Å². The molecule has 142 valence electrons. The summed E-state index contributed by atoms with van der Waals surface area (Å²) in [4.78, 5) is 11.8. The average molecular weight is 384 g/mol. The van der Waals surface area contributed by atoms with Gasteiger partial charge >= 0.3 is 5.97 Å². The quantitative estimate of drug-likeness (QED) is 0.678. The number of rotatable bonds is 8. The molecule has 0 fully saturated rings. The molecule has 1 heterocycles. The van der Waals surface area contributed by atoms with Crippen LogP contribution in [0.2, 0.25) is 0 Å². The summed E-state index contributed by atoms with van der Waals surface area (Å²) in [5, 5.41) is 3.58. The molecule has 9 nitrogen and oxygen atoms in total. The van der Waals surface area contributed by atoms with Gasteiger partial charge < -0.3 is 18.7 Å². The molecule has 0 amide bonds. The topological polar surface area (TPSA) is 117 Å². The summed E-state index contributed by atoms with van der Waals surface area (Å²) in [5.41, 5.74) is 0.804. The smallest absolute Gasteiger partial charge is 0.321 e. The lowest BCUT2D eigenvalue weighted by atomic mass is 10.2. The van der Waals surface area contributed by atoms with Crippen LogP contribution in [0.25, 0.3) is 0 Å². The molecule has 26 heavy (non-hydrogen) atoms. The van der Waals surface area contributed by atoms with Gasteiger partial charge in [-0.05, 0) is 32.0 Å². The van der Waals surface area contributed by atoms with Crippen molar-refractivity contribution < 1.29 is 31.9 Å². The molecule has 1 aromatic carbocycles. The lowest BCUT2D eigenvalue weighted by molar-refractivity contribution is -0.143. The van der Waals surface area contributed by atoms with E-state index in [0.717, 1.165) is 0 Å². The number of aromatic nitrogens is 1. The molecule has 0 aliphatic rings. The Bertz CT molecular complexity index is 870. The van der Waals surface area contributed by atoms with Gasteiger partial charge in [0.2, 0.25) is 10.0 Å². The maximum atomic E-state index is 12.2. The fraction of sp³-hybridized carbons (Fsp3) is 0.375. The van der Waals surface area contributed by atoms with Gasteiger partial charge in [-0.25, -0.2) is 8.42 Å². The van der Waals surface area contributed by atoms with Gasteiger partial charge in [0.15, 0.2) is 5.76 Å². The van der Waals surface area contributed by atoms with Crippen LogP contribution in [0.4, 0.5) is 0 Å². The number of sulfonamides is 1. The molecule has 1 aromatic heterocycles. The van der Waals surface area contributed by atoms with Crippen molar-refractivity contribution in [1.29, 1.82) is 0 Å². The molecular weight excluding hydrogens is 364 g/mol. The van der Waals surface area contributed by atoms with E-state index < -0.39 is 22.5 Å². The Balaban J connectivity index is 1.98. The van der Waals surface area contributed by atoms with Crippen molar-refractivity contribution in [2.45, 2.75) is 25.3 Å². The number of hydrogen-bond donors (Lipinski definition) is 1. The zero-order valence-electron chi connectivity index (χ0n) is 14.9. The van der Waals surface area contributed by atoms with Crippen LogP contribution in [0, 0.1) is 13.8 Å². The number of carbonyl (C=O) groups is 1. The maximum absolute atomic E-state index is 12.2. The zero-order valence-corrected chi connectivity index (χ0v) is 15.7. The van der Waals surface area contributed by atoms with Crippen LogP contribution in [-0.2, 0) is 26.2 Å². The van der Waals surface area contributed by atoms with Crippen LogP contribution in [0.15, 0.2) is 27.6 Å². The Morgan fingerprint density at radius 1 is 1.23 bits per heavy atom. The number of ether oxygens (including phenoxy) is 3. The lowest BCUT2D eigenvalue weighted by Gasteiger charge is -2.11. The first kappa shape index (κ1) is 19.7. The van der Waals surface area contributed by atoms with Crippen LogP contribution in [0.1, 0.15) is 17.0 Å². The fourth-order valence-electron chi connectivity index (χ4n) is 2.29. The molecule has 0 aliphatic carbocycles. The van der Waals surface area contributed by atoms with Crippen LogP contribution in [0.5, 0.6) is 11.5 Å². The predicted octanol–water partition coefficient (Wildman–Crippen LogP) is 1.33. The highest BCUT2D eigenvalue weighted by Gasteiger charge is 2.25. The van der Waals surface area contributed by atoms with Gasteiger partial charge in [0.25, 0.3) is 0 Å². The fourth-order valence-corrected chi connectivity index (χ4v) is 3.58. The summed E-state index contributed by atoms with van der Waals surface area (Å²) in [6.45, 7) is 2.35. The molecule has 2 rings (SSSR count). The Labute approximate surface area is 151 Å². The summed E-state index contributed by atoms with van der Waals surface area (Å²) in [7, 11) is -0.926. The van der Waals surface area contributed by atoms with Crippen molar-refractivity contribution in [2.75, 3.05) is 20.8 Å². The minimum absolute atomic E-state index is 0.0836. The highest BCUT2D eigenvalue weighted by atomic mass is 32.2. The van der Waals surface area contributed by atoms with Gasteiger partial charge in [-0.3, -0.25) is 4.79 Å². The monoisotopic (exact) mass is 384 g/mol. The SMILES string of the molecule is COc1ccc(OC)c(COC(=O)CNS(=O)(=O)c2c(C)noc2C)c1. The number of esters is 1. The first-order valence-electron chi connectivity index (χ1n) is 7.57. The van der Waals surface area contributed by atoms with Crippen molar-refractivity contribution in [1.82, 2.24) is 9.88 Å². The maximum Gasteiger partial charge on any atom is 0.321 e. The molecule has 0 saturated heterocycles. The first-order valence-corrected chi connectivity index (χ1v) is 9.06. The third-order valence-electron chi connectivity index (χ3n) is 3.52. The third kappa shape index (κ3) is 4.52. The summed E-state index contributed by atoms with van der Waals surface area (Å²) in [6.07, 6.45) is 0. The highest BCUT2D eigenvalue weighted by Crippen LogP contribution is 2.24. The molecule has 1 N–H and O–H groups in total. The summed E-state index contributed by atoms with van der Waals surface area (Å²) < 4.78 is 46.9. The number of nitrogens with one attached hydrogen (secondary N) is 1. The van der Waals surface area contributed by atoms with Crippen molar-refractivity contribution >= 4 is 16.0 Å². The molecule has 0 bridgehead atoms. The standard InChI is InChI=1S/C16H20N2O7S/c1-10-16(11(2)25-18-10)26(20,21)17-8-15(19)24-9-12-7-13(22-3)5-6-14(12)23-4/h5-7,17H,8-9H2,1-4H3. The number of methoxy groups -OCH3 is 2. The normalized spacial score (nSPS) is 11.2. The van der Waals surface area contributed by atoms with Gasteiger partial charge in [-0.1, -0.05) is 5.16 Å². The molecule has 0 aliphatic heterocycles. The number of carbonyl (C=O) groups excluding carboxylic acids is 1. The van der Waals surface area contributed by atoms with E-state index in [0.29, 0.717) is 17.1 Å². The second-order valence-electron chi connectivity index (χ2n) is 5.32. The van der Waals surface area contributed by atoms with E-state index in [1.165, 1.54) is 28.1 Å². The van der Waals surface area contributed by atoms with E-state index in [1.54, 1.807) is 18.2 Å². The van der Waals surface area contributed by atoms with E-state index in [9.17, 15) is 13.2 Å². The average Bonchev–Trinajstić information content (AvgIpc) is 2.97. The van der Waals surface area contributed by atoms with Crippen molar-refractivity contribution in [2.24, 2.45) is 0 Å². The van der Waals surface area contributed by atoms with Gasteiger partial charge in [0, 0.05) is 5.56 Å². The molecule has 2 aromatic rings. The minimum Gasteiger partial charge on any atom is -0.497 e. The molecule has 0 spiro atoms. The Morgan fingerprint density at radius 3 is 2.54 bits per heavy atom. The minimum atomic E-state index is -3.93. The van der Waals surface area contributed by atoms with Crippen LogP contribution >= 0.6 is 0 Å². The van der Waals surface area contributed by atoms with Crippen molar-refractivity contribution in [3.05, 3.63) is 35.2 Å².